The van der Waals surface area contributed by atoms with Gasteiger partial charge in [0, 0.05) is 13.0 Å². The number of halogens is 2. The summed E-state index contributed by atoms with van der Waals surface area (Å²) in [6, 6.07) is 20.4. The molecule has 3 aromatic rings. The molecule has 188 valence electrons. The van der Waals surface area contributed by atoms with Gasteiger partial charge in [0.1, 0.15) is 5.60 Å². The highest BCUT2D eigenvalue weighted by molar-refractivity contribution is 6.42. The van der Waals surface area contributed by atoms with Gasteiger partial charge in [-0.1, -0.05) is 76.8 Å². The molecular formula is C29H29Cl2NO4. The molecule has 36 heavy (non-hydrogen) atoms. The van der Waals surface area contributed by atoms with Crippen LogP contribution in [0.5, 0.6) is 0 Å². The Labute approximate surface area is 221 Å². The van der Waals surface area contributed by atoms with E-state index in [1.54, 1.807) is 36.4 Å². The van der Waals surface area contributed by atoms with Gasteiger partial charge >= 0.3 is 5.97 Å². The maximum Gasteiger partial charge on any atom is 0.338 e. The van der Waals surface area contributed by atoms with Crippen molar-refractivity contribution >= 4 is 35.1 Å². The lowest BCUT2D eigenvalue weighted by Gasteiger charge is -2.43. The number of hydrogen-bond acceptors (Lipinski definition) is 4. The minimum Gasteiger partial charge on any atom is -0.462 e. The second-order valence-corrected chi connectivity index (χ2v) is 10.0. The van der Waals surface area contributed by atoms with Gasteiger partial charge in [-0.25, -0.2) is 4.79 Å². The number of aryl methyl sites for hydroxylation is 2. The summed E-state index contributed by atoms with van der Waals surface area (Å²) in [5.41, 5.74) is 3.63. The molecule has 1 fully saturated rings. The Morgan fingerprint density at radius 2 is 1.69 bits per heavy atom. The van der Waals surface area contributed by atoms with Crippen molar-refractivity contribution in [3.8, 4) is 0 Å². The van der Waals surface area contributed by atoms with Crippen LogP contribution in [-0.2, 0) is 26.3 Å². The zero-order valence-electron chi connectivity index (χ0n) is 20.4. The minimum absolute atomic E-state index is 0.0222. The fourth-order valence-corrected chi connectivity index (χ4v) is 4.97. The van der Waals surface area contributed by atoms with Gasteiger partial charge in [-0.2, -0.15) is 0 Å². The third-order valence-corrected chi connectivity index (χ3v) is 7.11. The van der Waals surface area contributed by atoms with E-state index in [0.717, 1.165) is 22.3 Å². The topological polar surface area (TPSA) is 55.8 Å². The molecule has 1 aliphatic heterocycles. The summed E-state index contributed by atoms with van der Waals surface area (Å²) in [6.45, 7) is 5.33. The smallest absolute Gasteiger partial charge is 0.338 e. The Morgan fingerprint density at radius 3 is 2.39 bits per heavy atom. The standard InChI is InChI=1S/C29H29Cl2NO4/c1-20-14-21(2)16-22(15-20)17-27(33)32-11-13-36-29(19-32,24-8-9-25(30)26(31)18-24)10-12-35-28(34)23-6-4-3-5-7-23/h3-9,14-16,18H,10-13,17,19H2,1-2H3. The van der Waals surface area contributed by atoms with Crippen LogP contribution in [0.1, 0.15) is 39.0 Å². The number of amides is 1. The van der Waals surface area contributed by atoms with Crippen LogP contribution >= 0.6 is 23.2 Å². The summed E-state index contributed by atoms with van der Waals surface area (Å²) in [5, 5.41) is 0.835. The van der Waals surface area contributed by atoms with E-state index in [1.165, 1.54) is 0 Å². The molecule has 0 saturated carbocycles. The van der Waals surface area contributed by atoms with Gasteiger partial charge in [-0.05, 0) is 49.2 Å². The predicted octanol–water partition coefficient (Wildman–Crippen LogP) is 6.15. The van der Waals surface area contributed by atoms with Crippen molar-refractivity contribution < 1.29 is 19.1 Å². The molecule has 5 nitrogen and oxygen atoms in total. The lowest BCUT2D eigenvalue weighted by Crippen LogP contribution is -2.52. The molecule has 1 heterocycles. The number of esters is 1. The van der Waals surface area contributed by atoms with E-state index < -0.39 is 11.6 Å². The van der Waals surface area contributed by atoms with Crippen LogP contribution in [0, 0.1) is 13.8 Å². The Bertz CT molecular complexity index is 1230. The lowest BCUT2D eigenvalue weighted by molar-refractivity contribution is -0.155. The van der Waals surface area contributed by atoms with Gasteiger partial charge in [0.15, 0.2) is 0 Å². The highest BCUT2D eigenvalue weighted by Gasteiger charge is 2.40. The van der Waals surface area contributed by atoms with Crippen molar-refractivity contribution in [3.63, 3.8) is 0 Å². The van der Waals surface area contributed by atoms with E-state index in [-0.39, 0.29) is 12.5 Å². The molecule has 1 saturated heterocycles. The molecule has 1 atom stereocenters. The molecule has 0 aliphatic carbocycles. The van der Waals surface area contributed by atoms with Crippen LogP contribution < -0.4 is 0 Å². The third kappa shape index (κ3) is 6.28. The van der Waals surface area contributed by atoms with Crippen LogP contribution in [0.25, 0.3) is 0 Å². The van der Waals surface area contributed by atoms with Gasteiger partial charge in [-0.15, -0.1) is 0 Å². The van der Waals surface area contributed by atoms with Crippen LogP contribution in [0.2, 0.25) is 10.0 Å². The van der Waals surface area contributed by atoms with Crippen LogP contribution in [0.4, 0.5) is 0 Å². The first-order chi connectivity index (χ1) is 17.3. The zero-order valence-corrected chi connectivity index (χ0v) is 21.9. The number of carbonyl (C=O) groups excluding carboxylic acids is 2. The molecule has 1 unspecified atom stereocenters. The summed E-state index contributed by atoms with van der Waals surface area (Å²) in [7, 11) is 0. The molecule has 7 heteroatoms. The number of ether oxygens (including phenoxy) is 2. The number of carbonyl (C=O) groups is 2. The second-order valence-electron chi connectivity index (χ2n) is 9.21. The average Bonchev–Trinajstić information content (AvgIpc) is 2.85. The summed E-state index contributed by atoms with van der Waals surface area (Å²) >= 11 is 12.5. The molecule has 0 aromatic heterocycles. The summed E-state index contributed by atoms with van der Waals surface area (Å²) < 4.78 is 11.9. The first-order valence-corrected chi connectivity index (χ1v) is 12.7. The fourth-order valence-electron chi connectivity index (χ4n) is 4.67. The maximum absolute atomic E-state index is 13.3. The second kappa shape index (κ2) is 11.5. The average molecular weight is 526 g/mol. The number of rotatable bonds is 7. The largest absolute Gasteiger partial charge is 0.462 e. The van der Waals surface area contributed by atoms with Crippen molar-refractivity contribution in [1.82, 2.24) is 4.90 Å². The molecule has 4 rings (SSSR count). The van der Waals surface area contributed by atoms with Crippen molar-refractivity contribution in [2.45, 2.75) is 32.3 Å². The molecule has 1 amide bonds. The quantitative estimate of drug-likeness (QED) is 0.347. The van der Waals surface area contributed by atoms with E-state index >= 15 is 0 Å². The monoisotopic (exact) mass is 525 g/mol. The highest BCUT2D eigenvalue weighted by atomic mass is 35.5. The third-order valence-electron chi connectivity index (χ3n) is 6.37. The molecule has 0 bridgehead atoms. The van der Waals surface area contributed by atoms with Gasteiger partial charge in [0.2, 0.25) is 5.91 Å². The number of morpholine rings is 1. The Hall–Kier alpha value is -2.86. The summed E-state index contributed by atoms with van der Waals surface area (Å²) in [6.07, 6.45) is 0.667. The minimum atomic E-state index is -0.887. The summed E-state index contributed by atoms with van der Waals surface area (Å²) in [4.78, 5) is 27.6. The molecule has 3 aromatic carbocycles. The summed E-state index contributed by atoms with van der Waals surface area (Å²) in [5.74, 6) is -0.382. The molecule has 0 radical (unpaired) electrons. The Kier molecular flexibility index (Phi) is 8.35. The van der Waals surface area contributed by atoms with E-state index in [1.807, 2.05) is 43.0 Å². The van der Waals surface area contributed by atoms with E-state index in [2.05, 4.69) is 6.07 Å². The normalized spacial score (nSPS) is 17.6. The number of benzene rings is 3. The first kappa shape index (κ1) is 26.2. The van der Waals surface area contributed by atoms with Crippen LogP contribution in [0.3, 0.4) is 0 Å². The van der Waals surface area contributed by atoms with Crippen molar-refractivity contribution in [1.29, 1.82) is 0 Å². The maximum atomic E-state index is 13.3. The lowest BCUT2D eigenvalue weighted by atomic mass is 9.88. The van der Waals surface area contributed by atoms with E-state index in [0.29, 0.717) is 48.1 Å². The van der Waals surface area contributed by atoms with Gasteiger partial charge in [0.05, 0.1) is 41.8 Å². The number of nitrogens with zero attached hydrogens (tertiary/aromatic N) is 1. The van der Waals surface area contributed by atoms with Crippen molar-refractivity contribution in [2.24, 2.45) is 0 Å². The fraction of sp³-hybridized carbons (Fsp3) is 0.310. The van der Waals surface area contributed by atoms with Crippen molar-refractivity contribution in [3.05, 3.63) is 105 Å². The highest BCUT2D eigenvalue weighted by Crippen LogP contribution is 2.37. The molecular weight excluding hydrogens is 497 g/mol. The van der Waals surface area contributed by atoms with Crippen LogP contribution in [0.15, 0.2) is 66.7 Å². The SMILES string of the molecule is Cc1cc(C)cc(CC(=O)N2CCOC(CCOC(=O)c3ccccc3)(c3ccc(Cl)c(Cl)c3)C2)c1. The Balaban J connectivity index is 1.53. The number of hydrogen-bond donors (Lipinski definition) is 0. The molecule has 1 aliphatic rings. The zero-order chi connectivity index (χ0) is 25.7. The van der Waals surface area contributed by atoms with Crippen LogP contribution in [-0.4, -0.2) is 43.1 Å². The van der Waals surface area contributed by atoms with Crippen molar-refractivity contribution in [2.75, 3.05) is 26.3 Å². The first-order valence-electron chi connectivity index (χ1n) is 11.9. The van der Waals surface area contributed by atoms with Gasteiger partial charge in [0.25, 0.3) is 0 Å². The van der Waals surface area contributed by atoms with E-state index in [4.69, 9.17) is 32.7 Å². The predicted molar refractivity (Wildman–Crippen MR) is 142 cm³/mol. The molecule has 0 spiro atoms. The van der Waals surface area contributed by atoms with Gasteiger partial charge in [-0.3, -0.25) is 4.79 Å². The Morgan fingerprint density at radius 1 is 0.972 bits per heavy atom. The van der Waals surface area contributed by atoms with E-state index in [9.17, 15) is 9.59 Å². The van der Waals surface area contributed by atoms with Gasteiger partial charge < -0.3 is 14.4 Å². The molecule has 0 N–H and O–H groups in total.